The molecule has 0 N–H and O–H groups in total. The molecule has 1 amide bonds. The van der Waals surface area contributed by atoms with Crippen molar-refractivity contribution in [2.75, 3.05) is 7.05 Å². The van der Waals surface area contributed by atoms with Crippen LogP contribution in [0.5, 0.6) is 0 Å². The van der Waals surface area contributed by atoms with Crippen LogP contribution < -0.4 is 3.71 Å². The first kappa shape index (κ1) is 23.2. The summed E-state index contributed by atoms with van der Waals surface area (Å²) in [6.07, 6.45) is 2.14. The normalized spacial score (nSPS) is 12.2. The molecule has 0 saturated carbocycles. The van der Waals surface area contributed by atoms with Crippen molar-refractivity contribution in [2.45, 2.75) is 77.4 Å². The van der Waals surface area contributed by atoms with Crippen LogP contribution in [0.3, 0.4) is 0 Å². The van der Waals surface area contributed by atoms with Gasteiger partial charge in [0.05, 0.1) is 0 Å². The Bertz CT molecular complexity index is 497. The molecule has 1 heterocycles. The summed E-state index contributed by atoms with van der Waals surface area (Å²) in [7, 11) is 3.60. The minimum absolute atomic E-state index is 0.124. The summed E-state index contributed by atoms with van der Waals surface area (Å²) in [6, 6.07) is -0.124. The van der Waals surface area contributed by atoms with Gasteiger partial charge in [-0.15, -0.1) is 0 Å². The van der Waals surface area contributed by atoms with E-state index in [1.807, 2.05) is 48.6 Å². The number of rotatable bonds is 6. The van der Waals surface area contributed by atoms with Crippen LogP contribution in [0.25, 0.3) is 0 Å². The molecule has 24 heavy (non-hydrogen) atoms. The Kier molecular flexibility index (Phi) is 10.6. The van der Waals surface area contributed by atoms with Crippen LogP contribution in [0.4, 0.5) is 4.79 Å². The van der Waals surface area contributed by atoms with E-state index < -0.39 is 26.7 Å². The third kappa shape index (κ3) is 7.85. The zero-order chi connectivity index (χ0) is 18.9. The summed E-state index contributed by atoms with van der Waals surface area (Å²) in [5.41, 5.74) is 0.437. The standard InChI is InChI=1S/C11H19N4O2.C4H9.C2H6.Sn/c1-8(9-7-12-15(6)13-9)14(5)10(16)17-11(2,3)4;1-3-4-2;1-2;/h8H,1-6H3;1,3-4H2,2H3;1-2H3;. The van der Waals surface area contributed by atoms with Gasteiger partial charge in [-0.25, -0.2) is 0 Å². The SMILES string of the molecule is CC.CCC[CH2][Sn][c]1nn(C)nc1C(C)N(C)C(=O)OC(C)(C)C. The van der Waals surface area contributed by atoms with E-state index in [4.69, 9.17) is 4.74 Å². The van der Waals surface area contributed by atoms with Gasteiger partial charge in [0.15, 0.2) is 0 Å². The fraction of sp³-hybridized carbons (Fsp3) is 0.824. The van der Waals surface area contributed by atoms with Crippen LogP contribution in [0.2, 0.25) is 4.44 Å². The molecule has 0 aliphatic rings. The molecule has 0 aromatic carbocycles. The molecule has 0 spiro atoms. The van der Waals surface area contributed by atoms with Gasteiger partial charge < -0.3 is 0 Å². The van der Waals surface area contributed by atoms with Gasteiger partial charge in [-0.3, -0.25) is 0 Å². The molecule has 0 bridgehead atoms. The summed E-state index contributed by atoms with van der Waals surface area (Å²) in [5, 5.41) is 9.01. The zero-order valence-electron chi connectivity index (χ0n) is 16.8. The first-order valence-electron chi connectivity index (χ1n) is 8.76. The Morgan fingerprint density at radius 2 is 1.92 bits per heavy atom. The number of hydrogen-bond donors (Lipinski definition) is 0. The number of amides is 1. The van der Waals surface area contributed by atoms with E-state index in [-0.39, 0.29) is 12.1 Å². The van der Waals surface area contributed by atoms with E-state index in [1.54, 1.807) is 16.7 Å². The number of carbonyl (C=O) groups is 1. The second-order valence-electron chi connectivity index (χ2n) is 6.47. The Labute approximate surface area is 157 Å². The van der Waals surface area contributed by atoms with Crippen molar-refractivity contribution in [3.63, 3.8) is 0 Å². The zero-order valence-corrected chi connectivity index (χ0v) is 19.7. The van der Waals surface area contributed by atoms with Gasteiger partial charge in [0.1, 0.15) is 0 Å². The molecular weight excluding hydrogens is 411 g/mol. The fourth-order valence-electron chi connectivity index (χ4n) is 1.89. The topological polar surface area (TPSA) is 60.2 Å². The van der Waals surface area contributed by atoms with Crippen molar-refractivity contribution in [3.8, 4) is 0 Å². The van der Waals surface area contributed by atoms with Gasteiger partial charge in [0, 0.05) is 0 Å². The molecule has 1 unspecified atom stereocenters. The molecule has 138 valence electrons. The number of ether oxygens (including phenoxy) is 1. The van der Waals surface area contributed by atoms with Crippen LogP contribution in [0.15, 0.2) is 0 Å². The second-order valence-corrected chi connectivity index (χ2v) is 10.3. The molecule has 1 atom stereocenters. The van der Waals surface area contributed by atoms with Crippen LogP contribution in [0, 0.1) is 0 Å². The molecule has 1 aromatic rings. The van der Waals surface area contributed by atoms with E-state index in [1.165, 1.54) is 17.3 Å². The summed E-state index contributed by atoms with van der Waals surface area (Å²) >= 11 is -0.734. The first-order valence-corrected chi connectivity index (χ1v) is 12.2. The average Bonchev–Trinajstić information content (AvgIpc) is 2.87. The second kappa shape index (κ2) is 10.9. The van der Waals surface area contributed by atoms with Crippen molar-refractivity contribution >= 4 is 30.9 Å². The summed E-state index contributed by atoms with van der Waals surface area (Å²) < 4.78 is 7.83. The Balaban J connectivity index is 0.00000254. The Morgan fingerprint density at radius 3 is 2.42 bits per heavy atom. The summed E-state index contributed by atoms with van der Waals surface area (Å²) in [5.74, 6) is 0. The fourth-order valence-corrected chi connectivity index (χ4v) is 5.95. The molecule has 0 aliphatic heterocycles. The van der Waals surface area contributed by atoms with E-state index in [2.05, 4.69) is 17.1 Å². The van der Waals surface area contributed by atoms with Crippen molar-refractivity contribution < 1.29 is 9.53 Å². The van der Waals surface area contributed by atoms with Crippen molar-refractivity contribution in [1.29, 1.82) is 0 Å². The maximum absolute atomic E-state index is 12.2. The quantitative estimate of drug-likeness (QED) is 0.498. The predicted molar refractivity (Wildman–Crippen MR) is 99.9 cm³/mol. The van der Waals surface area contributed by atoms with Crippen molar-refractivity contribution in [3.05, 3.63) is 5.69 Å². The van der Waals surface area contributed by atoms with Gasteiger partial charge >= 0.3 is 144 Å². The first-order chi connectivity index (χ1) is 11.2. The Hall–Kier alpha value is -0.791. The average molecular weight is 445 g/mol. The molecule has 0 aliphatic carbocycles. The van der Waals surface area contributed by atoms with Gasteiger partial charge in [0.2, 0.25) is 0 Å². The molecule has 2 radical (unpaired) electrons. The monoisotopic (exact) mass is 446 g/mol. The predicted octanol–water partition coefficient (Wildman–Crippen LogP) is 3.32. The number of aryl methyl sites for hydroxylation is 1. The third-order valence-corrected chi connectivity index (χ3v) is 6.92. The molecular formula is C17H34N4O2Sn. The summed E-state index contributed by atoms with van der Waals surface area (Å²) in [6.45, 7) is 13.8. The summed E-state index contributed by atoms with van der Waals surface area (Å²) in [4.78, 5) is 15.4. The number of hydrogen-bond acceptors (Lipinski definition) is 4. The number of aromatic nitrogens is 3. The van der Waals surface area contributed by atoms with Gasteiger partial charge in [0.25, 0.3) is 0 Å². The number of carbonyl (C=O) groups excluding carboxylic acids is 1. The van der Waals surface area contributed by atoms with Gasteiger partial charge in [-0.2, -0.15) is 0 Å². The van der Waals surface area contributed by atoms with E-state index in [0.717, 1.165) is 9.40 Å². The van der Waals surface area contributed by atoms with Crippen molar-refractivity contribution in [2.24, 2.45) is 7.05 Å². The van der Waals surface area contributed by atoms with Gasteiger partial charge in [-0.05, 0) is 0 Å². The van der Waals surface area contributed by atoms with E-state index in [0.29, 0.717) is 0 Å². The molecule has 0 saturated heterocycles. The molecule has 7 heteroatoms. The van der Waals surface area contributed by atoms with E-state index >= 15 is 0 Å². The molecule has 0 fully saturated rings. The number of nitrogens with zero attached hydrogens (tertiary/aromatic N) is 4. The number of unbranched alkanes of at least 4 members (excludes halogenated alkanes) is 1. The van der Waals surface area contributed by atoms with Crippen LogP contribution >= 0.6 is 0 Å². The maximum atomic E-state index is 12.2. The molecule has 6 nitrogen and oxygen atoms in total. The minimum atomic E-state index is -0.734. The molecule has 1 aromatic heterocycles. The van der Waals surface area contributed by atoms with Crippen LogP contribution in [-0.2, 0) is 11.8 Å². The molecule has 1 rings (SSSR count). The third-order valence-electron chi connectivity index (χ3n) is 3.22. The van der Waals surface area contributed by atoms with Crippen LogP contribution in [0.1, 0.15) is 73.0 Å². The van der Waals surface area contributed by atoms with E-state index in [9.17, 15) is 4.79 Å². The Morgan fingerprint density at radius 1 is 1.33 bits per heavy atom. The van der Waals surface area contributed by atoms with Gasteiger partial charge in [-0.1, -0.05) is 13.8 Å². The van der Waals surface area contributed by atoms with Crippen molar-refractivity contribution in [1.82, 2.24) is 19.9 Å². The van der Waals surface area contributed by atoms with Crippen LogP contribution in [-0.4, -0.2) is 59.8 Å².